The predicted molar refractivity (Wildman–Crippen MR) is 67.5 cm³/mol. The van der Waals surface area contributed by atoms with Gasteiger partial charge in [0.25, 0.3) is 0 Å². The third kappa shape index (κ3) is 3.23. The zero-order chi connectivity index (χ0) is 14.0. The lowest BCUT2D eigenvalue weighted by Crippen LogP contribution is -2.50. The largest absolute Gasteiger partial charge is 0.508 e. The third-order valence-corrected chi connectivity index (χ3v) is 3.22. The predicted octanol–water partition coefficient (Wildman–Crippen LogP) is -0.00460. The van der Waals surface area contributed by atoms with Crippen molar-refractivity contribution in [2.24, 2.45) is 5.73 Å². The molecule has 1 aromatic carbocycles. The smallest absolute Gasteiger partial charge is 0.326 e. The van der Waals surface area contributed by atoms with Crippen LogP contribution in [0.15, 0.2) is 24.3 Å². The Morgan fingerprint density at radius 3 is 2.37 bits per heavy atom. The fourth-order valence-electron chi connectivity index (χ4n) is 1.73. The first-order chi connectivity index (χ1) is 8.90. The molecule has 19 heavy (non-hydrogen) atoms. The Bertz CT molecular complexity index is 494. The summed E-state index contributed by atoms with van der Waals surface area (Å²) >= 11 is 0. The number of hydrogen-bond donors (Lipinski definition) is 4. The van der Waals surface area contributed by atoms with Gasteiger partial charge in [-0.2, -0.15) is 0 Å². The molecule has 1 amide bonds. The number of nitrogens with two attached hydrogens (primary N) is 1. The zero-order valence-electron chi connectivity index (χ0n) is 10.3. The van der Waals surface area contributed by atoms with Gasteiger partial charge in [0.1, 0.15) is 11.8 Å². The van der Waals surface area contributed by atoms with E-state index < -0.39 is 23.5 Å². The average Bonchev–Trinajstić information content (AvgIpc) is 3.10. The highest BCUT2D eigenvalue weighted by molar-refractivity contribution is 5.92. The van der Waals surface area contributed by atoms with Crippen LogP contribution in [0.25, 0.3) is 0 Å². The van der Waals surface area contributed by atoms with Crippen molar-refractivity contribution >= 4 is 11.9 Å². The maximum absolute atomic E-state index is 11.7. The molecule has 2 rings (SSSR count). The first-order valence-electron chi connectivity index (χ1n) is 6.01. The summed E-state index contributed by atoms with van der Waals surface area (Å²) < 4.78 is 0. The minimum absolute atomic E-state index is 0.110. The van der Waals surface area contributed by atoms with Crippen molar-refractivity contribution < 1.29 is 19.8 Å². The first-order valence-corrected chi connectivity index (χ1v) is 6.01. The van der Waals surface area contributed by atoms with Gasteiger partial charge in [0, 0.05) is 6.42 Å². The van der Waals surface area contributed by atoms with Crippen LogP contribution >= 0.6 is 0 Å². The lowest BCUT2D eigenvalue weighted by Gasteiger charge is -2.17. The highest BCUT2D eigenvalue weighted by Gasteiger charge is 2.46. The molecule has 1 aromatic rings. The summed E-state index contributed by atoms with van der Waals surface area (Å²) in [6.07, 6.45) is 1.33. The zero-order valence-corrected chi connectivity index (χ0v) is 10.3. The van der Waals surface area contributed by atoms with Crippen LogP contribution in [0.5, 0.6) is 5.75 Å². The molecule has 1 unspecified atom stereocenters. The van der Waals surface area contributed by atoms with Crippen molar-refractivity contribution in [3.05, 3.63) is 29.8 Å². The minimum atomic E-state index is -1.11. The molecule has 1 atom stereocenters. The monoisotopic (exact) mass is 264 g/mol. The standard InChI is InChI=1S/C13H16N2O4/c14-13(5-6-13)12(19)15-10(11(17)18)7-8-1-3-9(16)4-2-8/h1-4,10,16H,5-7,14H2,(H,15,19)(H,17,18). The fraction of sp³-hybridized carbons (Fsp3) is 0.385. The maximum Gasteiger partial charge on any atom is 0.326 e. The summed E-state index contributed by atoms with van der Waals surface area (Å²) in [4.78, 5) is 22.9. The van der Waals surface area contributed by atoms with E-state index in [1.807, 2.05) is 0 Å². The third-order valence-electron chi connectivity index (χ3n) is 3.22. The Balaban J connectivity index is 2.02. The molecule has 0 aliphatic heterocycles. The Kier molecular flexibility index (Phi) is 3.44. The molecule has 1 saturated carbocycles. The van der Waals surface area contributed by atoms with Gasteiger partial charge in [0.05, 0.1) is 5.54 Å². The number of carbonyl (C=O) groups is 2. The molecule has 1 aliphatic rings. The van der Waals surface area contributed by atoms with Gasteiger partial charge in [-0.3, -0.25) is 4.79 Å². The van der Waals surface area contributed by atoms with E-state index >= 15 is 0 Å². The number of carboxylic acids is 1. The van der Waals surface area contributed by atoms with Crippen molar-refractivity contribution in [1.29, 1.82) is 0 Å². The highest BCUT2D eigenvalue weighted by atomic mass is 16.4. The van der Waals surface area contributed by atoms with Crippen LogP contribution in [0.2, 0.25) is 0 Å². The summed E-state index contributed by atoms with van der Waals surface area (Å²) in [5.41, 5.74) is 5.54. The van der Waals surface area contributed by atoms with Crippen LogP contribution in [0.3, 0.4) is 0 Å². The normalized spacial score (nSPS) is 17.5. The molecule has 5 N–H and O–H groups in total. The number of hydrogen-bond acceptors (Lipinski definition) is 4. The SMILES string of the molecule is NC1(C(=O)NC(Cc2ccc(O)cc2)C(=O)O)CC1. The van der Waals surface area contributed by atoms with Gasteiger partial charge in [0.2, 0.25) is 5.91 Å². The number of carboxylic acid groups (broad SMARTS) is 1. The number of phenolic OH excluding ortho intramolecular Hbond substituents is 1. The van der Waals surface area contributed by atoms with Crippen molar-refractivity contribution in [1.82, 2.24) is 5.32 Å². The Hall–Kier alpha value is -2.08. The van der Waals surface area contributed by atoms with Gasteiger partial charge in [-0.25, -0.2) is 4.79 Å². The molecule has 0 heterocycles. The molecule has 0 bridgehead atoms. The molecular weight excluding hydrogens is 248 g/mol. The van der Waals surface area contributed by atoms with E-state index in [0.717, 1.165) is 0 Å². The van der Waals surface area contributed by atoms with Gasteiger partial charge >= 0.3 is 5.97 Å². The van der Waals surface area contributed by atoms with Crippen molar-refractivity contribution in [2.45, 2.75) is 30.8 Å². The summed E-state index contributed by atoms with van der Waals surface area (Å²) in [6.45, 7) is 0. The molecule has 102 valence electrons. The number of amides is 1. The van der Waals surface area contributed by atoms with Crippen LogP contribution < -0.4 is 11.1 Å². The Morgan fingerprint density at radius 1 is 1.32 bits per heavy atom. The van der Waals surface area contributed by atoms with Crippen LogP contribution in [0, 0.1) is 0 Å². The summed E-state index contributed by atoms with van der Waals surface area (Å²) in [5, 5.41) is 20.7. The Morgan fingerprint density at radius 2 is 1.89 bits per heavy atom. The van der Waals surface area contributed by atoms with Crippen LogP contribution in [0.1, 0.15) is 18.4 Å². The van der Waals surface area contributed by atoms with E-state index in [1.54, 1.807) is 12.1 Å². The van der Waals surface area contributed by atoms with Gasteiger partial charge in [-0.05, 0) is 30.5 Å². The number of aromatic hydroxyl groups is 1. The van der Waals surface area contributed by atoms with Crippen LogP contribution in [-0.4, -0.2) is 33.7 Å². The molecule has 0 radical (unpaired) electrons. The van der Waals surface area contributed by atoms with E-state index in [4.69, 9.17) is 15.9 Å². The summed E-state index contributed by atoms with van der Waals surface area (Å²) in [5.74, 6) is -1.41. The molecule has 6 heteroatoms. The van der Waals surface area contributed by atoms with Gasteiger partial charge in [-0.1, -0.05) is 12.1 Å². The lowest BCUT2D eigenvalue weighted by molar-refractivity contribution is -0.142. The fourth-order valence-corrected chi connectivity index (χ4v) is 1.73. The second-order valence-electron chi connectivity index (χ2n) is 4.89. The minimum Gasteiger partial charge on any atom is -0.508 e. The van der Waals surface area contributed by atoms with E-state index in [-0.39, 0.29) is 12.2 Å². The summed E-state index contributed by atoms with van der Waals surface area (Å²) in [7, 11) is 0. The topological polar surface area (TPSA) is 113 Å². The highest BCUT2D eigenvalue weighted by Crippen LogP contribution is 2.32. The second kappa shape index (κ2) is 4.89. The number of phenols is 1. The van der Waals surface area contributed by atoms with Gasteiger partial charge in [-0.15, -0.1) is 0 Å². The average molecular weight is 264 g/mol. The number of rotatable bonds is 5. The molecule has 0 aromatic heterocycles. The quantitative estimate of drug-likeness (QED) is 0.597. The lowest BCUT2D eigenvalue weighted by atomic mass is 10.1. The van der Waals surface area contributed by atoms with Crippen molar-refractivity contribution in [3.8, 4) is 5.75 Å². The van der Waals surface area contributed by atoms with E-state index in [1.165, 1.54) is 12.1 Å². The van der Waals surface area contributed by atoms with E-state index in [2.05, 4.69) is 5.32 Å². The first kappa shape index (κ1) is 13.4. The number of benzene rings is 1. The second-order valence-corrected chi connectivity index (χ2v) is 4.89. The van der Waals surface area contributed by atoms with E-state index in [9.17, 15) is 9.59 Å². The van der Waals surface area contributed by atoms with Gasteiger partial charge < -0.3 is 21.3 Å². The maximum atomic E-state index is 11.7. The van der Waals surface area contributed by atoms with Crippen molar-refractivity contribution in [2.75, 3.05) is 0 Å². The van der Waals surface area contributed by atoms with Gasteiger partial charge in [0.15, 0.2) is 0 Å². The number of aliphatic carboxylic acids is 1. The van der Waals surface area contributed by atoms with Crippen molar-refractivity contribution in [3.63, 3.8) is 0 Å². The number of carbonyl (C=O) groups excluding carboxylic acids is 1. The van der Waals surface area contributed by atoms with Crippen LogP contribution in [0.4, 0.5) is 0 Å². The Labute approximate surface area is 110 Å². The molecular formula is C13H16N2O4. The van der Waals surface area contributed by atoms with Crippen LogP contribution in [-0.2, 0) is 16.0 Å². The summed E-state index contributed by atoms with van der Waals surface area (Å²) in [6, 6.07) is 5.17. The molecule has 6 nitrogen and oxygen atoms in total. The molecule has 1 aliphatic carbocycles. The molecule has 0 spiro atoms. The van der Waals surface area contributed by atoms with E-state index in [0.29, 0.717) is 18.4 Å². The number of nitrogens with one attached hydrogen (secondary N) is 1. The molecule has 0 saturated heterocycles. The molecule has 1 fully saturated rings.